The van der Waals surface area contributed by atoms with Crippen molar-refractivity contribution in [3.05, 3.63) is 0 Å². The van der Waals surface area contributed by atoms with Crippen LogP contribution in [-0.2, 0) is 9.53 Å². The van der Waals surface area contributed by atoms with E-state index >= 15 is 0 Å². The molecular formula is C11H18O2. The van der Waals surface area contributed by atoms with Crippen molar-refractivity contribution in [3.8, 4) is 0 Å². The highest BCUT2D eigenvalue weighted by molar-refractivity contribution is 5.72. The number of fused-ring (bicyclic) bond motifs is 2. The average Bonchev–Trinajstić information content (AvgIpc) is 2.46. The first-order chi connectivity index (χ1) is 6.29. The van der Waals surface area contributed by atoms with Gasteiger partial charge in [-0.15, -0.1) is 0 Å². The number of esters is 1. The minimum Gasteiger partial charge on any atom is -0.466 e. The molecule has 2 fully saturated rings. The van der Waals surface area contributed by atoms with Crippen LogP contribution in [-0.4, -0.2) is 12.6 Å². The molecule has 0 N–H and O–H groups in total. The number of ether oxygens (including phenoxy) is 1. The van der Waals surface area contributed by atoms with Crippen molar-refractivity contribution in [2.75, 3.05) is 6.61 Å². The van der Waals surface area contributed by atoms with Gasteiger partial charge in [0.05, 0.1) is 12.5 Å². The summed E-state index contributed by atoms with van der Waals surface area (Å²) in [5.74, 6) is 1.94. The molecule has 2 heteroatoms. The topological polar surface area (TPSA) is 26.3 Å². The standard InChI is InChI=1S/C11H18O2/c1-2-13-11(12)10-6-8-3-4-9(5-8)7-10/h8-10H,2-7H2,1H3. The predicted octanol–water partition coefficient (Wildman–Crippen LogP) is 2.38. The Hall–Kier alpha value is -0.530. The van der Waals surface area contributed by atoms with Gasteiger partial charge >= 0.3 is 5.97 Å². The molecule has 2 nitrogen and oxygen atoms in total. The van der Waals surface area contributed by atoms with E-state index in [1.54, 1.807) is 0 Å². The zero-order valence-electron chi connectivity index (χ0n) is 8.29. The Balaban J connectivity index is 1.91. The lowest BCUT2D eigenvalue weighted by atomic mass is 9.81. The summed E-state index contributed by atoms with van der Waals surface area (Å²) in [6.45, 7) is 2.42. The first-order valence-electron chi connectivity index (χ1n) is 5.46. The summed E-state index contributed by atoms with van der Waals surface area (Å²) in [7, 11) is 0. The molecule has 0 spiro atoms. The maximum absolute atomic E-state index is 11.5. The third-order valence-electron chi connectivity index (χ3n) is 3.51. The van der Waals surface area contributed by atoms with E-state index in [1.807, 2.05) is 6.92 Å². The quantitative estimate of drug-likeness (QED) is 0.613. The van der Waals surface area contributed by atoms with Crippen LogP contribution in [0.5, 0.6) is 0 Å². The normalized spacial score (nSPS) is 37.5. The molecule has 0 radical (unpaired) electrons. The molecule has 74 valence electrons. The number of hydrogen-bond acceptors (Lipinski definition) is 2. The third-order valence-corrected chi connectivity index (χ3v) is 3.51. The van der Waals surface area contributed by atoms with Gasteiger partial charge in [-0.2, -0.15) is 0 Å². The van der Waals surface area contributed by atoms with E-state index in [4.69, 9.17) is 4.74 Å². The fraction of sp³-hybridized carbons (Fsp3) is 0.909. The van der Waals surface area contributed by atoms with E-state index in [2.05, 4.69) is 0 Å². The second-order valence-electron chi connectivity index (χ2n) is 4.47. The fourth-order valence-electron chi connectivity index (χ4n) is 2.96. The van der Waals surface area contributed by atoms with E-state index in [1.165, 1.54) is 19.3 Å². The SMILES string of the molecule is CCOC(=O)C1CC2CCC(C2)C1. The molecular weight excluding hydrogens is 164 g/mol. The molecule has 2 atom stereocenters. The van der Waals surface area contributed by atoms with Crippen LogP contribution in [0.1, 0.15) is 39.0 Å². The summed E-state index contributed by atoms with van der Waals surface area (Å²) < 4.78 is 5.07. The summed E-state index contributed by atoms with van der Waals surface area (Å²) in [5.41, 5.74) is 0. The molecule has 2 rings (SSSR count). The summed E-state index contributed by atoms with van der Waals surface area (Å²) >= 11 is 0. The van der Waals surface area contributed by atoms with Gasteiger partial charge in [-0.3, -0.25) is 4.79 Å². The molecule has 2 aliphatic rings. The van der Waals surface area contributed by atoms with E-state index in [9.17, 15) is 4.79 Å². The Bertz CT molecular complexity index is 188. The highest BCUT2D eigenvalue weighted by atomic mass is 16.5. The molecule has 0 aromatic rings. The number of hydrogen-bond donors (Lipinski definition) is 0. The second kappa shape index (κ2) is 3.69. The van der Waals surface area contributed by atoms with E-state index in [-0.39, 0.29) is 11.9 Å². The van der Waals surface area contributed by atoms with E-state index in [0.29, 0.717) is 6.61 Å². The highest BCUT2D eigenvalue weighted by Crippen LogP contribution is 2.44. The Morgan fingerprint density at radius 1 is 1.23 bits per heavy atom. The van der Waals surface area contributed by atoms with Gasteiger partial charge in [0, 0.05) is 0 Å². The van der Waals surface area contributed by atoms with Crippen LogP contribution in [0.15, 0.2) is 0 Å². The first kappa shape index (κ1) is 9.04. The second-order valence-corrected chi connectivity index (χ2v) is 4.47. The van der Waals surface area contributed by atoms with Crippen LogP contribution < -0.4 is 0 Å². The van der Waals surface area contributed by atoms with Crippen LogP contribution in [0.4, 0.5) is 0 Å². The Kier molecular flexibility index (Phi) is 2.56. The summed E-state index contributed by atoms with van der Waals surface area (Å²) in [4.78, 5) is 11.5. The summed E-state index contributed by atoms with van der Waals surface area (Å²) in [6.07, 6.45) is 6.25. The summed E-state index contributed by atoms with van der Waals surface area (Å²) in [6, 6.07) is 0. The van der Waals surface area contributed by atoms with Crippen molar-refractivity contribution >= 4 is 5.97 Å². The molecule has 0 amide bonds. The molecule has 13 heavy (non-hydrogen) atoms. The Morgan fingerprint density at radius 2 is 1.85 bits per heavy atom. The fourth-order valence-corrected chi connectivity index (χ4v) is 2.96. The molecule has 2 saturated carbocycles. The molecule has 2 unspecified atom stereocenters. The zero-order chi connectivity index (χ0) is 9.26. The third kappa shape index (κ3) is 1.87. The summed E-state index contributed by atoms with van der Waals surface area (Å²) in [5, 5.41) is 0. The minimum absolute atomic E-state index is 0.0547. The number of rotatable bonds is 2. The largest absolute Gasteiger partial charge is 0.466 e. The number of carbonyl (C=O) groups excluding carboxylic acids is 1. The van der Waals surface area contributed by atoms with Crippen molar-refractivity contribution in [2.45, 2.75) is 39.0 Å². The smallest absolute Gasteiger partial charge is 0.308 e. The lowest BCUT2D eigenvalue weighted by Crippen LogP contribution is -2.25. The molecule has 0 saturated heterocycles. The van der Waals surface area contributed by atoms with Crippen molar-refractivity contribution in [1.29, 1.82) is 0 Å². The van der Waals surface area contributed by atoms with Gasteiger partial charge in [0.2, 0.25) is 0 Å². The molecule has 2 bridgehead atoms. The lowest BCUT2D eigenvalue weighted by molar-refractivity contribution is -0.149. The molecule has 0 aromatic carbocycles. The van der Waals surface area contributed by atoms with Crippen molar-refractivity contribution in [3.63, 3.8) is 0 Å². The maximum atomic E-state index is 11.5. The molecule has 2 aliphatic carbocycles. The average molecular weight is 182 g/mol. The highest BCUT2D eigenvalue weighted by Gasteiger charge is 2.37. The molecule has 0 aliphatic heterocycles. The number of carbonyl (C=O) groups is 1. The zero-order valence-corrected chi connectivity index (χ0v) is 8.29. The molecule has 0 heterocycles. The minimum atomic E-state index is 0.0547. The van der Waals surface area contributed by atoms with Gasteiger partial charge in [-0.1, -0.05) is 12.8 Å². The van der Waals surface area contributed by atoms with Crippen LogP contribution >= 0.6 is 0 Å². The van der Waals surface area contributed by atoms with Gasteiger partial charge in [0.25, 0.3) is 0 Å². The van der Waals surface area contributed by atoms with Gasteiger partial charge in [-0.05, 0) is 38.0 Å². The Labute approximate surface area is 79.7 Å². The van der Waals surface area contributed by atoms with Gasteiger partial charge < -0.3 is 4.74 Å². The van der Waals surface area contributed by atoms with E-state index in [0.717, 1.165) is 24.7 Å². The van der Waals surface area contributed by atoms with Crippen LogP contribution in [0, 0.1) is 17.8 Å². The monoisotopic (exact) mass is 182 g/mol. The lowest BCUT2D eigenvalue weighted by Gasteiger charge is -2.25. The van der Waals surface area contributed by atoms with E-state index < -0.39 is 0 Å². The Morgan fingerprint density at radius 3 is 2.38 bits per heavy atom. The van der Waals surface area contributed by atoms with Crippen LogP contribution in [0.3, 0.4) is 0 Å². The van der Waals surface area contributed by atoms with Gasteiger partial charge in [-0.25, -0.2) is 0 Å². The maximum Gasteiger partial charge on any atom is 0.308 e. The van der Waals surface area contributed by atoms with Gasteiger partial charge in [0.1, 0.15) is 0 Å². The van der Waals surface area contributed by atoms with Gasteiger partial charge in [0.15, 0.2) is 0 Å². The van der Waals surface area contributed by atoms with Crippen molar-refractivity contribution in [1.82, 2.24) is 0 Å². The van der Waals surface area contributed by atoms with Crippen molar-refractivity contribution < 1.29 is 9.53 Å². The van der Waals surface area contributed by atoms with Crippen LogP contribution in [0.25, 0.3) is 0 Å². The molecule has 0 aromatic heterocycles. The van der Waals surface area contributed by atoms with Crippen LogP contribution in [0.2, 0.25) is 0 Å². The van der Waals surface area contributed by atoms with Crippen molar-refractivity contribution in [2.24, 2.45) is 17.8 Å². The first-order valence-corrected chi connectivity index (χ1v) is 5.46. The predicted molar refractivity (Wildman–Crippen MR) is 50.2 cm³/mol.